The van der Waals surface area contributed by atoms with E-state index in [1.807, 2.05) is 0 Å². The fourth-order valence-corrected chi connectivity index (χ4v) is 0.691. The molecule has 48 valence electrons. The summed E-state index contributed by atoms with van der Waals surface area (Å²) >= 11 is 0. The number of hydrogen-bond donors (Lipinski definition) is 1. The van der Waals surface area contributed by atoms with Crippen LogP contribution < -0.4 is 5.32 Å². The zero-order chi connectivity index (χ0) is 6.41. The number of hydrogen-bond acceptors (Lipinski definition) is 1. The molecule has 0 aliphatic carbocycles. The van der Waals surface area contributed by atoms with Crippen molar-refractivity contribution in [3.05, 3.63) is 12.8 Å². The topological polar surface area (TPSA) is 12.0 Å². The smallest absolute Gasteiger partial charge is 0.0250 e. The molecule has 0 saturated carbocycles. The van der Waals surface area contributed by atoms with Crippen molar-refractivity contribution in [1.82, 2.24) is 5.32 Å². The van der Waals surface area contributed by atoms with Gasteiger partial charge >= 0.3 is 0 Å². The molecule has 1 heteroatoms. The molecule has 0 saturated heterocycles. The van der Waals surface area contributed by atoms with Crippen molar-refractivity contribution in [3.8, 4) is 0 Å². The van der Waals surface area contributed by atoms with Crippen LogP contribution in [0.1, 0.15) is 26.7 Å². The van der Waals surface area contributed by atoms with E-state index in [1.165, 1.54) is 12.8 Å². The van der Waals surface area contributed by atoms with Gasteiger partial charge in [-0.15, -0.1) is 0 Å². The lowest BCUT2D eigenvalue weighted by Gasteiger charge is -2.10. The van der Waals surface area contributed by atoms with Gasteiger partial charge in [-0.25, -0.2) is 0 Å². The Morgan fingerprint density at radius 1 is 1.50 bits per heavy atom. The van der Waals surface area contributed by atoms with Crippen LogP contribution >= 0.6 is 0 Å². The van der Waals surface area contributed by atoms with Crippen molar-refractivity contribution in [2.24, 2.45) is 0 Å². The molecule has 0 bridgehead atoms. The molecule has 0 aromatic carbocycles. The number of nitrogens with one attached hydrogen (secondary N) is 1. The van der Waals surface area contributed by atoms with Crippen LogP contribution in [-0.2, 0) is 0 Å². The lowest BCUT2D eigenvalue weighted by Crippen LogP contribution is -2.21. The van der Waals surface area contributed by atoms with E-state index in [0.717, 1.165) is 0 Å². The average Bonchev–Trinajstić information content (AvgIpc) is 1.83. The molecule has 8 heavy (non-hydrogen) atoms. The van der Waals surface area contributed by atoms with Gasteiger partial charge in [0.05, 0.1) is 0 Å². The average molecular weight is 113 g/mol. The van der Waals surface area contributed by atoms with Gasteiger partial charge in [0, 0.05) is 6.04 Å². The highest BCUT2D eigenvalue weighted by molar-refractivity contribution is 4.70. The van der Waals surface area contributed by atoms with E-state index in [2.05, 4.69) is 25.7 Å². The van der Waals surface area contributed by atoms with Gasteiger partial charge in [-0.05, 0) is 19.0 Å². The molecule has 0 heterocycles. The van der Waals surface area contributed by atoms with Gasteiger partial charge in [-0.1, -0.05) is 20.4 Å². The van der Waals surface area contributed by atoms with Crippen LogP contribution in [0.2, 0.25) is 0 Å². The summed E-state index contributed by atoms with van der Waals surface area (Å²) < 4.78 is 0. The molecule has 1 N–H and O–H groups in total. The fourth-order valence-electron chi connectivity index (χ4n) is 0.691. The molecule has 0 aliphatic heterocycles. The van der Waals surface area contributed by atoms with Crippen LogP contribution in [0.25, 0.3) is 0 Å². The van der Waals surface area contributed by atoms with E-state index in [0.29, 0.717) is 6.04 Å². The van der Waals surface area contributed by atoms with Crippen LogP contribution in [0.3, 0.4) is 0 Å². The first-order valence-electron chi connectivity index (χ1n) is 3.22. The van der Waals surface area contributed by atoms with Crippen molar-refractivity contribution < 1.29 is 0 Å². The Balaban J connectivity index is 3.20. The second kappa shape index (κ2) is 4.69. The highest BCUT2D eigenvalue weighted by atomic mass is 14.9. The minimum atomic E-state index is 0.632. The van der Waals surface area contributed by atoms with Gasteiger partial charge < -0.3 is 5.32 Å². The Kier molecular flexibility index (Phi) is 4.42. The molecule has 0 rings (SSSR count). The summed E-state index contributed by atoms with van der Waals surface area (Å²) in [5, 5.41) is 3.15. The van der Waals surface area contributed by atoms with Crippen LogP contribution in [0.15, 0.2) is 12.8 Å². The summed E-state index contributed by atoms with van der Waals surface area (Å²) in [5.41, 5.74) is 0. The van der Waals surface area contributed by atoms with Crippen LogP contribution in [0.5, 0.6) is 0 Å². The van der Waals surface area contributed by atoms with E-state index in [4.69, 9.17) is 0 Å². The minimum Gasteiger partial charge on any atom is -0.389 e. The zero-order valence-corrected chi connectivity index (χ0v) is 5.78. The molecule has 0 spiro atoms. The lowest BCUT2D eigenvalue weighted by molar-refractivity contribution is 0.552. The summed E-state index contributed by atoms with van der Waals surface area (Å²) in [6.07, 6.45) is 4.13. The van der Waals surface area contributed by atoms with E-state index in [1.54, 1.807) is 6.20 Å². The third kappa shape index (κ3) is 2.67. The van der Waals surface area contributed by atoms with Gasteiger partial charge in [-0.3, -0.25) is 0 Å². The largest absolute Gasteiger partial charge is 0.389 e. The molecule has 0 aromatic heterocycles. The molecular formula is C7H15N. The third-order valence-electron chi connectivity index (χ3n) is 1.34. The van der Waals surface area contributed by atoms with Crippen LogP contribution in [0.4, 0.5) is 0 Å². The standard InChI is InChI=1S/C7H15N/c1-4-7(5-2)8-6-3/h6-8H,3-5H2,1-2H3. The van der Waals surface area contributed by atoms with Gasteiger partial charge in [0.15, 0.2) is 0 Å². The van der Waals surface area contributed by atoms with E-state index in [-0.39, 0.29) is 0 Å². The maximum atomic E-state index is 3.59. The normalized spacial score (nSPS) is 9.38. The van der Waals surface area contributed by atoms with Crippen molar-refractivity contribution in [3.63, 3.8) is 0 Å². The van der Waals surface area contributed by atoms with Crippen molar-refractivity contribution >= 4 is 0 Å². The maximum absolute atomic E-state index is 3.59. The minimum absolute atomic E-state index is 0.632. The first-order chi connectivity index (χ1) is 3.85. The van der Waals surface area contributed by atoms with E-state index in [9.17, 15) is 0 Å². The Bertz CT molecular complexity index is 55.4. The van der Waals surface area contributed by atoms with Crippen LogP contribution in [-0.4, -0.2) is 6.04 Å². The van der Waals surface area contributed by atoms with Crippen LogP contribution in [0, 0.1) is 0 Å². The summed E-state index contributed by atoms with van der Waals surface area (Å²) in [5.74, 6) is 0. The Morgan fingerprint density at radius 2 is 2.00 bits per heavy atom. The molecule has 0 fully saturated rings. The fraction of sp³-hybridized carbons (Fsp3) is 0.714. The second-order valence-electron chi connectivity index (χ2n) is 1.88. The molecular weight excluding hydrogens is 98.1 g/mol. The summed E-state index contributed by atoms with van der Waals surface area (Å²) in [7, 11) is 0. The molecule has 0 unspecified atom stereocenters. The maximum Gasteiger partial charge on any atom is 0.0250 e. The second-order valence-corrected chi connectivity index (χ2v) is 1.88. The number of rotatable bonds is 4. The summed E-state index contributed by atoms with van der Waals surface area (Å²) in [4.78, 5) is 0. The Hall–Kier alpha value is -0.460. The SMILES string of the molecule is C=CNC(CC)CC. The summed E-state index contributed by atoms with van der Waals surface area (Å²) in [6.45, 7) is 7.93. The van der Waals surface area contributed by atoms with Gasteiger partial charge in [0.1, 0.15) is 0 Å². The van der Waals surface area contributed by atoms with E-state index >= 15 is 0 Å². The Morgan fingerprint density at radius 3 is 2.12 bits per heavy atom. The van der Waals surface area contributed by atoms with Gasteiger partial charge in [-0.2, -0.15) is 0 Å². The highest BCUT2D eigenvalue weighted by Crippen LogP contribution is 1.93. The molecule has 0 atom stereocenters. The van der Waals surface area contributed by atoms with Crippen molar-refractivity contribution in [2.75, 3.05) is 0 Å². The third-order valence-corrected chi connectivity index (χ3v) is 1.34. The summed E-state index contributed by atoms with van der Waals surface area (Å²) in [6, 6.07) is 0.632. The highest BCUT2D eigenvalue weighted by Gasteiger charge is 1.95. The Labute approximate surface area is 51.8 Å². The molecule has 0 amide bonds. The van der Waals surface area contributed by atoms with E-state index < -0.39 is 0 Å². The monoisotopic (exact) mass is 113 g/mol. The van der Waals surface area contributed by atoms with Crippen molar-refractivity contribution in [1.29, 1.82) is 0 Å². The predicted octanol–water partition coefficient (Wildman–Crippen LogP) is 1.91. The first-order valence-corrected chi connectivity index (χ1v) is 3.22. The van der Waals surface area contributed by atoms with Crippen molar-refractivity contribution in [2.45, 2.75) is 32.7 Å². The van der Waals surface area contributed by atoms with Gasteiger partial charge in [0.2, 0.25) is 0 Å². The lowest BCUT2D eigenvalue weighted by atomic mass is 10.2. The van der Waals surface area contributed by atoms with Gasteiger partial charge in [0.25, 0.3) is 0 Å². The molecule has 1 nitrogen and oxygen atoms in total. The molecule has 0 radical (unpaired) electrons. The predicted molar refractivity (Wildman–Crippen MR) is 37.7 cm³/mol. The quantitative estimate of drug-likeness (QED) is 0.587. The molecule has 0 aromatic rings. The molecule has 0 aliphatic rings. The first kappa shape index (κ1) is 7.54. The zero-order valence-electron chi connectivity index (χ0n) is 5.78.